The summed E-state index contributed by atoms with van der Waals surface area (Å²) in [5.41, 5.74) is 6.52. The first-order chi connectivity index (χ1) is 13.2. The van der Waals surface area contributed by atoms with Gasteiger partial charge in [0.05, 0.1) is 11.5 Å². The van der Waals surface area contributed by atoms with Crippen molar-refractivity contribution in [2.24, 2.45) is 5.10 Å². The van der Waals surface area contributed by atoms with Gasteiger partial charge in [-0.3, -0.25) is 5.43 Å². The van der Waals surface area contributed by atoms with Crippen molar-refractivity contribution >= 4 is 22.7 Å². The summed E-state index contributed by atoms with van der Waals surface area (Å²) >= 11 is 1.34. The minimum Gasteiger partial charge on any atom is -0.539 e. The molecule has 0 unspecified atom stereocenters. The summed E-state index contributed by atoms with van der Waals surface area (Å²) in [5, 5.41) is 22.5. The summed E-state index contributed by atoms with van der Waals surface area (Å²) in [5.74, 6) is -0.543. The average molecular weight is 377 g/mol. The highest BCUT2D eigenvalue weighted by Gasteiger charge is 2.24. The van der Waals surface area contributed by atoms with Crippen molar-refractivity contribution in [1.82, 2.24) is 10.3 Å². The van der Waals surface area contributed by atoms with Crippen LogP contribution in [0.1, 0.15) is 11.1 Å². The first-order valence-electron chi connectivity index (χ1n) is 8.17. The van der Waals surface area contributed by atoms with Crippen LogP contribution < -0.4 is 15.2 Å². The van der Waals surface area contributed by atoms with Gasteiger partial charge < -0.3 is 9.63 Å². The zero-order valence-corrected chi connectivity index (χ0v) is 15.2. The van der Waals surface area contributed by atoms with E-state index in [0.29, 0.717) is 10.8 Å². The molecule has 4 aromatic rings. The molecule has 0 saturated carbocycles. The van der Waals surface area contributed by atoms with E-state index in [9.17, 15) is 5.11 Å². The number of thiazole rings is 1. The normalized spacial score (nSPS) is 11.1. The van der Waals surface area contributed by atoms with Crippen LogP contribution in [0.3, 0.4) is 0 Å². The Labute approximate surface area is 159 Å². The van der Waals surface area contributed by atoms with Gasteiger partial charge in [-0.1, -0.05) is 48.0 Å². The molecule has 0 aliphatic heterocycles. The lowest BCUT2D eigenvalue weighted by molar-refractivity contribution is -0.660. The number of nitrogens with zero attached hydrogens (tertiary/aromatic N) is 4. The molecule has 7 nitrogen and oxygen atoms in total. The van der Waals surface area contributed by atoms with Gasteiger partial charge in [-0.2, -0.15) is 5.10 Å². The molecule has 2 heterocycles. The van der Waals surface area contributed by atoms with Crippen molar-refractivity contribution < 1.29 is 14.3 Å². The Balaban J connectivity index is 1.55. The molecule has 0 bridgehead atoms. The summed E-state index contributed by atoms with van der Waals surface area (Å²) in [6.45, 7) is 2.03. The van der Waals surface area contributed by atoms with Gasteiger partial charge in [0.2, 0.25) is 10.8 Å². The SMILES string of the molecule is Cc1ccc(/C=N/Nc2nc(-c3c([O-])on[n+]3-c3ccccc3)cs2)cc1. The molecule has 0 fully saturated rings. The number of anilines is 1. The van der Waals surface area contributed by atoms with E-state index in [1.807, 2.05) is 61.5 Å². The lowest BCUT2D eigenvalue weighted by atomic mass is 10.2. The van der Waals surface area contributed by atoms with Gasteiger partial charge in [-0.15, -0.1) is 11.3 Å². The fraction of sp³-hybridized carbons (Fsp3) is 0.0526. The van der Waals surface area contributed by atoms with Crippen LogP contribution in [0.4, 0.5) is 5.13 Å². The molecule has 0 amide bonds. The number of benzene rings is 2. The summed E-state index contributed by atoms with van der Waals surface area (Å²) in [4.78, 5) is 4.42. The Morgan fingerprint density at radius 1 is 1.15 bits per heavy atom. The van der Waals surface area contributed by atoms with Gasteiger partial charge in [-0.25, -0.2) is 4.98 Å². The van der Waals surface area contributed by atoms with Crippen LogP contribution in [0, 0.1) is 6.92 Å². The van der Waals surface area contributed by atoms with E-state index in [1.54, 1.807) is 11.6 Å². The molecule has 27 heavy (non-hydrogen) atoms. The number of para-hydroxylation sites is 1. The molecule has 2 aromatic carbocycles. The van der Waals surface area contributed by atoms with E-state index in [2.05, 4.69) is 20.8 Å². The fourth-order valence-corrected chi connectivity index (χ4v) is 3.10. The minimum atomic E-state index is -0.543. The first kappa shape index (κ1) is 16.9. The number of rotatable bonds is 5. The van der Waals surface area contributed by atoms with Gasteiger partial charge in [0.25, 0.3) is 5.69 Å². The van der Waals surface area contributed by atoms with E-state index in [1.165, 1.54) is 21.6 Å². The Bertz CT molecular complexity index is 1070. The van der Waals surface area contributed by atoms with Crippen molar-refractivity contribution in [3.05, 3.63) is 71.1 Å². The molecule has 0 aliphatic rings. The van der Waals surface area contributed by atoms with Crippen molar-refractivity contribution in [2.45, 2.75) is 6.92 Å². The molecule has 134 valence electrons. The van der Waals surface area contributed by atoms with Crippen molar-refractivity contribution in [3.8, 4) is 23.0 Å². The quantitative estimate of drug-likeness (QED) is 0.328. The van der Waals surface area contributed by atoms with Crippen LogP contribution in [-0.4, -0.2) is 16.5 Å². The largest absolute Gasteiger partial charge is 0.539 e. The molecule has 4 rings (SSSR count). The molecule has 1 N–H and O–H groups in total. The second-order valence-corrected chi connectivity index (χ2v) is 6.63. The maximum atomic E-state index is 12.1. The molecule has 0 saturated heterocycles. The minimum absolute atomic E-state index is 0.271. The summed E-state index contributed by atoms with van der Waals surface area (Å²) in [7, 11) is 0. The van der Waals surface area contributed by atoms with E-state index in [0.717, 1.165) is 11.3 Å². The number of hydrazone groups is 1. The zero-order chi connectivity index (χ0) is 18.6. The van der Waals surface area contributed by atoms with Gasteiger partial charge in [0.15, 0.2) is 11.6 Å². The molecule has 0 spiro atoms. The highest BCUT2D eigenvalue weighted by molar-refractivity contribution is 7.14. The van der Waals surface area contributed by atoms with Crippen molar-refractivity contribution in [1.29, 1.82) is 0 Å². The predicted molar refractivity (Wildman–Crippen MR) is 101 cm³/mol. The molecule has 0 atom stereocenters. The zero-order valence-electron chi connectivity index (χ0n) is 14.4. The molecule has 2 aromatic heterocycles. The fourth-order valence-electron chi connectivity index (χ4n) is 2.46. The summed E-state index contributed by atoms with van der Waals surface area (Å²) < 4.78 is 6.28. The Kier molecular flexibility index (Phi) is 4.63. The molecule has 0 radical (unpaired) electrons. The number of hydrogen-bond acceptors (Lipinski definition) is 7. The third-order valence-corrected chi connectivity index (χ3v) is 4.56. The highest BCUT2D eigenvalue weighted by Crippen LogP contribution is 2.27. The van der Waals surface area contributed by atoms with Crippen LogP contribution in [-0.2, 0) is 0 Å². The van der Waals surface area contributed by atoms with Crippen LogP contribution in [0.2, 0.25) is 0 Å². The number of nitrogens with one attached hydrogen (secondary N) is 1. The molecule has 8 heteroatoms. The number of aryl methyl sites for hydroxylation is 1. The second-order valence-electron chi connectivity index (χ2n) is 5.77. The van der Waals surface area contributed by atoms with Crippen LogP contribution in [0.15, 0.2) is 69.6 Å². The van der Waals surface area contributed by atoms with Gasteiger partial charge in [0.1, 0.15) is 0 Å². The Morgan fingerprint density at radius 2 is 1.93 bits per heavy atom. The van der Waals surface area contributed by atoms with Gasteiger partial charge in [0, 0.05) is 17.5 Å². The molecular formula is C19H15N5O2S. The number of hydrogen-bond donors (Lipinski definition) is 1. The third-order valence-electron chi connectivity index (χ3n) is 3.81. The van der Waals surface area contributed by atoms with E-state index in [-0.39, 0.29) is 5.69 Å². The van der Waals surface area contributed by atoms with E-state index >= 15 is 0 Å². The standard InChI is InChI=1S/C19H15N5O2S/c1-13-7-9-14(10-8-13)11-20-22-19-21-16(12-27-19)17-18(25)26-23-24(17)15-5-3-2-4-6-15/h2-12H,1H3,(H-,21,22,23,25)/b20-11+. The third kappa shape index (κ3) is 3.70. The maximum absolute atomic E-state index is 12.1. The van der Waals surface area contributed by atoms with Crippen LogP contribution in [0.25, 0.3) is 17.1 Å². The summed E-state index contributed by atoms with van der Waals surface area (Å²) in [6.07, 6.45) is 1.71. The monoisotopic (exact) mass is 377 g/mol. The maximum Gasteiger partial charge on any atom is 0.289 e. The topological polar surface area (TPSA) is 90.2 Å². The van der Waals surface area contributed by atoms with Crippen molar-refractivity contribution in [3.63, 3.8) is 0 Å². The summed E-state index contributed by atoms with van der Waals surface area (Å²) in [6, 6.07) is 17.3. The predicted octanol–water partition coefficient (Wildman–Crippen LogP) is 2.90. The average Bonchev–Trinajstić information content (AvgIpc) is 3.30. The van der Waals surface area contributed by atoms with Gasteiger partial charge in [-0.05, 0) is 17.2 Å². The first-order valence-corrected chi connectivity index (χ1v) is 9.05. The van der Waals surface area contributed by atoms with E-state index in [4.69, 9.17) is 4.52 Å². The van der Waals surface area contributed by atoms with Crippen LogP contribution >= 0.6 is 11.3 Å². The molecule has 0 aliphatic carbocycles. The Morgan fingerprint density at radius 3 is 2.70 bits per heavy atom. The molecular weight excluding hydrogens is 362 g/mol. The second kappa shape index (κ2) is 7.38. The highest BCUT2D eigenvalue weighted by atomic mass is 32.1. The Hall–Kier alpha value is -3.52. The number of aromatic nitrogens is 3. The smallest absolute Gasteiger partial charge is 0.289 e. The van der Waals surface area contributed by atoms with Gasteiger partial charge >= 0.3 is 0 Å². The lowest BCUT2D eigenvalue weighted by Crippen LogP contribution is -2.34. The lowest BCUT2D eigenvalue weighted by Gasteiger charge is -1.96. The van der Waals surface area contributed by atoms with Crippen molar-refractivity contribution in [2.75, 3.05) is 5.43 Å². The van der Waals surface area contributed by atoms with Crippen LogP contribution in [0.5, 0.6) is 5.95 Å². The van der Waals surface area contributed by atoms with E-state index < -0.39 is 5.95 Å².